The fraction of sp³-hybridized carbons (Fsp3) is 0.346. The van der Waals surface area contributed by atoms with Crippen LogP contribution in [-0.2, 0) is 11.2 Å². The molecule has 184 valence electrons. The normalized spacial score (nSPS) is 15.9. The van der Waals surface area contributed by atoms with Crippen molar-refractivity contribution in [1.82, 2.24) is 20.4 Å². The van der Waals surface area contributed by atoms with Crippen LogP contribution in [0.3, 0.4) is 0 Å². The third kappa shape index (κ3) is 5.01. The van der Waals surface area contributed by atoms with E-state index < -0.39 is 0 Å². The van der Waals surface area contributed by atoms with Gasteiger partial charge in [0.25, 0.3) is 5.89 Å². The molecule has 1 N–H and O–H groups in total. The van der Waals surface area contributed by atoms with Crippen LogP contribution in [0.2, 0.25) is 0 Å². The third-order valence-corrected chi connectivity index (χ3v) is 6.47. The number of aryl methyl sites for hydroxylation is 1. The molecule has 9 heteroatoms. The van der Waals surface area contributed by atoms with E-state index in [0.717, 1.165) is 28.8 Å². The van der Waals surface area contributed by atoms with Gasteiger partial charge >= 0.3 is 0 Å². The zero-order valence-corrected chi connectivity index (χ0v) is 21.4. The maximum atomic E-state index is 5.81. The molecule has 0 bridgehead atoms. The molecule has 4 rings (SSSR count). The van der Waals surface area contributed by atoms with Crippen molar-refractivity contribution in [3.8, 4) is 22.9 Å². The lowest BCUT2D eigenvalue weighted by molar-refractivity contribution is 0.183. The fourth-order valence-electron chi connectivity index (χ4n) is 4.13. The van der Waals surface area contributed by atoms with Gasteiger partial charge in [0.05, 0.1) is 32.4 Å². The zero-order valence-electron chi connectivity index (χ0n) is 20.6. The number of hydrogen-bond acceptors (Lipinski definition) is 7. The molecule has 0 saturated carbocycles. The maximum absolute atomic E-state index is 5.81. The van der Waals surface area contributed by atoms with Crippen LogP contribution >= 0.6 is 12.2 Å². The number of aromatic nitrogens is 2. The molecule has 1 aromatic heterocycles. The molecule has 3 aromatic rings. The molecule has 0 spiro atoms. The topological polar surface area (TPSA) is 81.9 Å². The monoisotopic (exact) mass is 494 g/mol. The van der Waals surface area contributed by atoms with E-state index in [0.29, 0.717) is 41.5 Å². The molecular weight excluding hydrogens is 464 g/mol. The van der Waals surface area contributed by atoms with Gasteiger partial charge in [0.2, 0.25) is 5.82 Å². The maximum Gasteiger partial charge on any atom is 0.258 e. The number of methoxy groups -OCH3 is 3. The Morgan fingerprint density at radius 1 is 1.06 bits per heavy atom. The number of hydrogen-bond donors (Lipinski definition) is 1. The highest BCUT2D eigenvalue weighted by atomic mass is 32.1. The van der Waals surface area contributed by atoms with Gasteiger partial charge in [0.1, 0.15) is 0 Å². The molecule has 1 aliphatic rings. The lowest BCUT2D eigenvalue weighted by Crippen LogP contribution is -2.47. The van der Waals surface area contributed by atoms with E-state index in [1.54, 1.807) is 21.3 Å². The van der Waals surface area contributed by atoms with Crippen molar-refractivity contribution in [2.45, 2.75) is 26.3 Å². The SMILES string of the molecule is CCc1ccc(C2NC(=S)N(CCOC)C(C)=C2c2nc(-c3ccc(OC)c(OC)c3)no2)cc1. The van der Waals surface area contributed by atoms with E-state index in [-0.39, 0.29) is 6.04 Å². The van der Waals surface area contributed by atoms with Gasteiger partial charge in [-0.3, -0.25) is 0 Å². The average Bonchev–Trinajstić information content (AvgIpc) is 3.37. The Morgan fingerprint density at radius 3 is 2.46 bits per heavy atom. The smallest absolute Gasteiger partial charge is 0.258 e. The van der Waals surface area contributed by atoms with Gasteiger partial charge in [-0.25, -0.2) is 0 Å². The van der Waals surface area contributed by atoms with Crippen LogP contribution in [-0.4, -0.2) is 54.6 Å². The van der Waals surface area contributed by atoms with Gasteiger partial charge in [-0.2, -0.15) is 4.98 Å². The second-order valence-electron chi connectivity index (χ2n) is 8.11. The Hall–Kier alpha value is -3.43. The van der Waals surface area contributed by atoms with Crippen molar-refractivity contribution >= 4 is 22.9 Å². The van der Waals surface area contributed by atoms with Crippen LogP contribution in [0.4, 0.5) is 0 Å². The molecule has 1 atom stereocenters. The van der Waals surface area contributed by atoms with E-state index in [9.17, 15) is 0 Å². The highest BCUT2D eigenvalue weighted by Gasteiger charge is 2.34. The van der Waals surface area contributed by atoms with E-state index >= 15 is 0 Å². The number of ether oxygens (including phenoxy) is 3. The van der Waals surface area contributed by atoms with Gasteiger partial charge in [0.15, 0.2) is 16.6 Å². The summed E-state index contributed by atoms with van der Waals surface area (Å²) < 4.78 is 21.9. The first-order chi connectivity index (χ1) is 17.0. The van der Waals surface area contributed by atoms with Crippen molar-refractivity contribution in [2.75, 3.05) is 34.5 Å². The molecule has 0 saturated heterocycles. The van der Waals surface area contributed by atoms with Crippen LogP contribution in [0.5, 0.6) is 11.5 Å². The van der Waals surface area contributed by atoms with Crippen molar-refractivity contribution < 1.29 is 18.7 Å². The second kappa shape index (κ2) is 10.9. The van der Waals surface area contributed by atoms with E-state index in [1.807, 2.05) is 30.0 Å². The molecule has 0 fully saturated rings. The summed E-state index contributed by atoms with van der Waals surface area (Å²) in [5.41, 5.74) is 4.91. The Bertz CT molecular complexity index is 1220. The molecular formula is C26H30N4O4S. The largest absolute Gasteiger partial charge is 0.493 e. The molecule has 1 unspecified atom stereocenters. The van der Waals surface area contributed by atoms with Gasteiger partial charge < -0.3 is 29.0 Å². The number of allylic oxidation sites excluding steroid dienone is 1. The number of nitrogens with zero attached hydrogens (tertiary/aromatic N) is 3. The number of nitrogens with one attached hydrogen (secondary N) is 1. The Morgan fingerprint density at radius 2 is 1.80 bits per heavy atom. The molecule has 0 aliphatic carbocycles. The van der Waals surface area contributed by atoms with Crippen LogP contribution in [0, 0.1) is 0 Å². The zero-order chi connectivity index (χ0) is 24.9. The first kappa shape index (κ1) is 24.7. The average molecular weight is 495 g/mol. The summed E-state index contributed by atoms with van der Waals surface area (Å²) in [7, 11) is 4.87. The Labute approximate surface area is 210 Å². The van der Waals surface area contributed by atoms with Crippen LogP contribution in [0.25, 0.3) is 17.0 Å². The van der Waals surface area contributed by atoms with Gasteiger partial charge in [-0.05, 0) is 54.9 Å². The van der Waals surface area contributed by atoms with Crippen molar-refractivity contribution in [1.29, 1.82) is 0 Å². The summed E-state index contributed by atoms with van der Waals surface area (Å²) in [4.78, 5) is 6.77. The predicted octanol–water partition coefficient (Wildman–Crippen LogP) is 4.63. The predicted molar refractivity (Wildman–Crippen MR) is 138 cm³/mol. The first-order valence-electron chi connectivity index (χ1n) is 11.4. The molecule has 2 heterocycles. The lowest BCUT2D eigenvalue weighted by atomic mass is 9.94. The number of thiocarbonyl (C=S) groups is 1. The van der Waals surface area contributed by atoms with Gasteiger partial charge in [-0.15, -0.1) is 0 Å². The molecule has 2 aromatic carbocycles. The van der Waals surface area contributed by atoms with Gasteiger partial charge in [-0.1, -0.05) is 36.3 Å². The lowest BCUT2D eigenvalue weighted by Gasteiger charge is -2.37. The quantitative estimate of drug-likeness (QED) is 0.428. The highest BCUT2D eigenvalue weighted by molar-refractivity contribution is 7.80. The standard InChI is InChI=1S/C26H30N4O4S/c1-6-17-7-9-18(10-8-17)23-22(16(2)30(13-14-31-3)26(35)27-23)25-28-24(29-34-25)19-11-12-20(32-4)21(15-19)33-5/h7-12,15,23H,6,13-14H2,1-5H3,(H,27,35). The minimum Gasteiger partial charge on any atom is -0.493 e. The van der Waals surface area contributed by atoms with Crippen LogP contribution < -0.4 is 14.8 Å². The van der Waals surface area contributed by atoms with E-state index in [4.69, 9.17) is 35.9 Å². The summed E-state index contributed by atoms with van der Waals surface area (Å²) in [6, 6.07) is 13.8. The molecule has 1 aliphatic heterocycles. The Kier molecular flexibility index (Phi) is 7.67. The summed E-state index contributed by atoms with van der Waals surface area (Å²) in [5.74, 6) is 2.11. The van der Waals surface area contributed by atoms with Crippen LogP contribution in [0.1, 0.15) is 36.9 Å². The van der Waals surface area contributed by atoms with Crippen LogP contribution in [0.15, 0.2) is 52.7 Å². The first-order valence-corrected chi connectivity index (χ1v) is 11.8. The molecule has 8 nitrogen and oxygen atoms in total. The number of benzene rings is 2. The van der Waals surface area contributed by atoms with E-state index in [2.05, 4.69) is 41.7 Å². The third-order valence-electron chi connectivity index (χ3n) is 6.13. The fourth-order valence-corrected chi connectivity index (χ4v) is 4.48. The number of rotatable bonds is 9. The molecule has 0 radical (unpaired) electrons. The second-order valence-corrected chi connectivity index (χ2v) is 8.50. The molecule has 0 amide bonds. The highest BCUT2D eigenvalue weighted by Crippen LogP contribution is 2.38. The summed E-state index contributed by atoms with van der Waals surface area (Å²) in [6.07, 6.45) is 0.974. The summed E-state index contributed by atoms with van der Waals surface area (Å²) in [6.45, 7) is 5.30. The minimum atomic E-state index is -0.231. The van der Waals surface area contributed by atoms with E-state index in [1.165, 1.54) is 5.56 Å². The van der Waals surface area contributed by atoms with Crippen molar-refractivity contribution in [2.24, 2.45) is 0 Å². The minimum absolute atomic E-state index is 0.231. The van der Waals surface area contributed by atoms with Crippen molar-refractivity contribution in [3.63, 3.8) is 0 Å². The van der Waals surface area contributed by atoms with Crippen molar-refractivity contribution in [3.05, 3.63) is 65.2 Å². The Balaban J connectivity index is 1.77. The summed E-state index contributed by atoms with van der Waals surface area (Å²) in [5, 5.41) is 8.37. The summed E-state index contributed by atoms with van der Waals surface area (Å²) >= 11 is 5.71. The molecule has 35 heavy (non-hydrogen) atoms. The van der Waals surface area contributed by atoms with Gasteiger partial charge in [0, 0.05) is 24.9 Å².